The Bertz CT molecular complexity index is 1310. The molecule has 176 valence electrons. The molecule has 0 radical (unpaired) electrons. The normalized spacial score (nSPS) is 16.2. The van der Waals surface area contributed by atoms with Gasteiger partial charge in [0, 0.05) is 12.2 Å². The number of carbonyl (C=O) groups excluding carboxylic acids is 1. The standard InChI is InChI=1S/C24H22ClN3O5S/c25-20-4-1-2-5-21(20)27-24(31)26-18-11-7-16(8-12-18)17-9-13-19(14-10-17)34(32,33)28-15-3-6-22(28)23(29)30/h1-2,4-5,7-14,22H,3,6,15H2,(H,29,30)(H2,26,27,31)/t22-/m0/s1. The maximum absolute atomic E-state index is 12.9. The van der Waals surface area contributed by atoms with Crippen molar-refractivity contribution in [2.45, 2.75) is 23.8 Å². The van der Waals surface area contributed by atoms with Gasteiger partial charge in [0.25, 0.3) is 0 Å². The van der Waals surface area contributed by atoms with Gasteiger partial charge in [-0.3, -0.25) is 4.79 Å². The van der Waals surface area contributed by atoms with Crippen molar-refractivity contribution in [3.63, 3.8) is 0 Å². The molecule has 1 aliphatic rings. The van der Waals surface area contributed by atoms with Gasteiger partial charge in [0.2, 0.25) is 10.0 Å². The Morgan fingerprint density at radius 2 is 1.53 bits per heavy atom. The molecule has 2 amide bonds. The molecule has 4 rings (SSSR count). The van der Waals surface area contributed by atoms with Crippen LogP contribution in [0.25, 0.3) is 11.1 Å². The fraction of sp³-hybridized carbons (Fsp3) is 0.167. The highest BCUT2D eigenvalue weighted by atomic mass is 35.5. The molecule has 1 fully saturated rings. The Labute approximate surface area is 202 Å². The Hall–Kier alpha value is -3.40. The molecule has 3 aromatic rings. The molecule has 0 saturated carbocycles. The van der Waals surface area contributed by atoms with Gasteiger partial charge in [0.1, 0.15) is 6.04 Å². The molecule has 1 aliphatic heterocycles. The highest BCUT2D eigenvalue weighted by molar-refractivity contribution is 7.89. The fourth-order valence-electron chi connectivity index (χ4n) is 3.82. The van der Waals surface area contributed by atoms with E-state index in [1.54, 1.807) is 60.7 Å². The number of hydrogen-bond donors (Lipinski definition) is 3. The van der Waals surface area contributed by atoms with Crippen LogP contribution in [0.5, 0.6) is 0 Å². The number of carboxylic acid groups (broad SMARTS) is 1. The van der Waals surface area contributed by atoms with E-state index in [1.165, 1.54) is 12.1 Å². The third-order valence-corrected chi connectivity index (χ3v) is 7.80. The van der Waals surface area contributed by atoms with E-state index in [-0.39, 0.29) is 11.4 Å². The van der Waals surface area contributed by atoms with E-state index in [0.29, 0.717) is 29.2 Å². The number of carboxylic acids is 1. The predicted molar refractivity (Wildman–Crippen MR) is 131 cm³/mol. The zero-order valence-electron chi connectivity index (χ0n) is 17.9. The summed E-state index contributed by atoms with van der Waals surface area (Å²) >= 11 is 6.05. The molecule has 1 saturated heterocycles. The molecule has 10 heteroatoms. The van der Waals surface area contributed by atoms with Crippen molar-refractivity contribution in [3.05, 3.63) is 77.8 Å². The van der Waals surface area contributed by atoms with Crippen LogP contribution in [0.2, 0.25) is 5.02 Å². The monoisotopic (exact) mass is 499 g/mol. The molecule has 0 aromatic heterocycles. The van der Waals surface area contributed by atoms with Crippen molar-refractivity contribution in [1.29, 1.82) is 0 Å². The molecule has 0 spiro atoms. The van der Waals surface area contributed by atoms with Crippen molar-refractivity contribution in [1.82, 2.24) is 4.31 Å². The number of amides is 2. The van der Waals surface area contributed by atoms with Crippen LogP contribution in [0, 0.1) is 0 Å². The number of halogens is 1. The van der Waals surface area contributed by atoms with Crippen LogP contribution in [0.1, 0.15) is 12.8 Å². The van der Waals surface area contributed by atoms with Gasteiger partial charge in [-0.1, -0.05) is 48.0 Å². The van der Waals surface area contributed by atoms with Crippen molar-refractivity contribution in [2.75, 3.05) is 17.2 Å². The van der Waals surface area contributed by atoms with Gasteiger partial charge in [0.05, 0.1) is 15.6 Å². The molecular formula is C24H22ClN3O5S. The van der Waals surface area contributed by atoms with Gasteiger partial charge in [-0.25, -0.2) is 13.2 Å². The molecule has 1 atom stereocenters. The topological polar surface area (TPSA) is 116 Å². The highest BCUT2D eigenvalue weighted by Crippen LogP contribution is 2.29. The van der Waals surface area contributed by atoms with Gasteiger partial charge in [0.15, 0.2) is 0 Å². The number of nitrogens with one attached hydrogen (secondary N) is 2. The number of benzene rings is 3. The highest BCUT2D eigenvalue weighted by Gasteiger charge is 2.39. The van der Waals surface area contributed by atoms with Gasteiger partial charge in [-0.05, 0) is 60.4 Å². The van der Waals surface area contributed by atoms with E-state index < -0.39 is 28.1 Å². The molecular weight excluding hydrogens is 478 g/mol. The van der Waals surface area contributed by atoms with Gasteiger partial charge in [-0.15, -0.1) is 0 Å². The number of sulfonamides is 1. The van der Waals surface area contributed by atoms with Gasteiger partial charge in [-0.2, -0.15) is 4.31 Å². The first kappa shape index (κ1) is 23.7. The molecule has 3 N–H and O–H groups in total. The number of aliphatic carboxylic acids is 1. The Morgan fingerprint density at radius 1 is 0.912 bits per heavy atom. The zero-order valence-corrected chi connectivity index (χ0v) is 19.5. The Kier molecular flexibility index (Phi) is 6.87. The molecule has 34 heavy (non-hydrogen) atoms. The van der Waals surface area contributed by atoms with Crippen LogP contribution in [-0.2, 0) is 14.8 Å². The second kappa shape index (κ2) is 9.84. The summed E-state index contributed by atoms with van der Waals surface area (Å²) in [5.74, 6) is -1.13. The third-order valence-electron chi connectivity index (χ3n) is 5.55. The third kappa shape index (κ3) is 5.06. The number of urea groups is 1. The average molecular weight is 500 g/mol. The van der Waals surface area contributed by atoms with Gasteiger partial charge >= 0.3 is 12.0 Å². The maximum Gasteiger partial charge on any atom is 0.323 e. The molecule has 0 bridgehead atoms. The number of para-hydroxylation sites is 1. The Morgan fingerprint density at radius 3 is 2.15 bits per heavy atom. The minimum Gasteiger partial charge on any atom is -0.480 e. The SMILES string of the molecule is O=C(Nc1ccc(-c2ccc(S(=O)(=O)N3CCC[C@H]3C(=O)O)cc2)cc1)Nc1ccccc1Cl. The number of rotatable bonds is 6. The second-order valence-electron chi connectivity index (χ2n) is 7.77. The minimum atomic E-state index is -3.89. The number of hydrogen-bond acceptors (Lipinski definition) is 4. The first-order valence-electron chi connectivity index (χ1n) is 10.5. The largest absolute Gasteiger partial charge is 0.480 e. The van der Waals surface area contributed by atoms with E-state index in [4.69, 9.17) is 11.6 Å². The summed E-state index contributed by atoms with van der Waals surface area (Å²) in [7, 11) is -3.89. The first-order chi connectivity index (χ1) is 16.3. The van der Waals surface area contributed by atoms with Crippen LogP contribution >= 0.6 is 11.6 Å². The van der Waals surface area contributed by atoms with E-state index in [9.17, 15) is 23.1 Å². The van der Waals surface area contributed by atoms with E-state index in [0.717, 1.165) is 15.4 Å². The van der Waals surface area contributed by atoms with Crippen molar-refractivity contribution >= 4 is 45.0 Å². The van der Waals surface area contributed by atoms with E-state index in [2.05, 4.69) is 10.6 Å². The predicted octanol–water partition coefficient (Wildman–Crippen LogP) is 4.89. The maximum atomic E-state index is 12.9. The summed E-state index contributed by atoms with van der Waals surface area (Å²) in [6.07, 6.45) is 0.828. The van der Waals surface area contributed by atoms with Crippen molar-refractivity contribution < 1.29 is 23.1 Å². The number of nitrogens with zero attached hydrogens (tertiary/aromatic N) is 1. The lowest BCUT2D eigenvalue weighted by Gasteiger charge is -2.21. The van der Waals surface area contributed by atoms with Crippen LogP contribution in [0.4, 0.5) is 16.2 Å². The van der Waals surface area contributed by atoms with Crippen molar-refractivity contribution in [3.8, 4) is 11.1 Å². The molecule has 3 aromatic carbocycles. The molecule has 1 heterocycles. The summed E-state index contributed by atoms with van der Waals surface area (Å²) in [5, 5.41) is 15.1. The van der Waals surface area contributed by atoms with Crippen LogP contribution in [-0.4, -0.2) is 42.4 Å². The molecule has 0 aliphatic carbocycles. The smallest absolute Gasteiger partial charge is 0.323 e. The lowest BCUT2D eigenvalue weighted by Crippen LogP contribution is -2.40. The second-order valence-corrected chi connectivity index (χ2v) is 10.1. The summed E-state index contributed by atoms with van der Waals surface area (Å²) in [6, 6.07) is 18.8. The number of anilines is 2. The van der Waals surface area contributed by atoms with Crippen LogP contribution in [0.15, 0.2) is 77.7 Å². The quantitative estimate of drug-likeness (QED) is 0.446. The first-order valence-corrected chi connectivity index (χ1v) is 12.4. The zero-order chi connectivity index (χ0) is 24.3. The van der Waals surface area contributed by atoms with E-state index >= 15 is 0 Å². The summed E-state index contributed by atoms with van der Waals surface area (Å²) < 4.78 is 26.9. The Balaban J connectivity index is 1.44. The average Bonchev–Trinajstić information content (AvgIpc) is 3.33. The van der Waals surface area contributed by atoms with Crippen molar-refractivity contribution in [2.24, 2.45) is 0 Å². The van der Waals surface area contributed by atoms with E-state index in [1.807, 2.05) is 0 Å². The minimum absolute atomic E-state index is 0.0546. The van der Waals surface area contributed by atoms with Gasteiger partial charge < -0.3 is 15.7 Å². The molecule has 0 unspecified atom stereocenters. The summed E-state index contributed by atoms with van der Waals surface area (Å²) in [5.41, 5.74) is 2.67. The summed E-state index contributed by atoms with van der Waals surface area (Å²) in [6.45, 7) is 0.194. The lowest BCUT2D eigenvalue weighted by atomic mass is 10.1. The lowest BCUT2D eigenvalue weighted by molar-refractivity contribution is -0.140. The fourth-order valence-corrected chi connectivity index (χ4v) is 5.66. The van der Waals surface area contributed by atoms with Crippen LogP contribution < -0.4 is 10.6 Å². The number of carbonyl (C=O) groups is 2. The molecule has 8 nitrogen and oxygen atoms in total. The van der Waals surface area contributed by atoms with Crippen LogP contribution in [0.3, 0.4) is 0 Å². The summed E-state index contributed by atoms with van der Waals surface area (Å²) in [4.78, 5) is 23.7.